The van der Waals surface area contributed by atoms with Gasteiger partial charge in [0.1, 0.15) is 17.1 Å². The maximum atomic E-state index is 12.9. The summed E-state index contributed by atoms with van der Waals surface area (Å²) in [6.45, 7) is 7.60. The van der Waals surface area contributed by atoms with Gasteiger partial charge in [0.25, 0.3) is 0 Å². The van der Waals surface area contributed by atoms with Gasteiger partial charge in [-0.2, -0.15) is 0 Å². The molecule has 1 heterocycles. The highest BCUT2D eigenvalue weighted by Crippen LogP contribution is 2.42. The van der Waals surface area contributed by atoms with Crippen LogP contribution in [0.15, 0.2) is 48.0 Å². The number of cyclic esters (lactones) is 1. The maximum Gasteiger partial charge on any atom is 0.345 e. The molecule has 2 aromatic rings. The number of benzene rings is 2. The first-order chi connectivity index (χ1) is 13.3. The minimum atomic E-state index is -1.01. The van der Waals surface area contributed by atoms with Gasteiger partial charge in [0.15, 0.2) is 0 Å². The molecule has 0 atom stereocenters. The average molecular weight is 380 g/mol. The van der Waals surface area contributed by atoms with E-state index in [1.807, 2.05) is 38.1 Å². The van der Waals surface area contributed by atoms with Gasteiger partial charge in [-0.25, -0.2) is 4.79 Å². The first-order valence-electron chi connectivity index (χ1n) is 9.63. The third-order valence-corrected chi connectivity index (χ3v) is 4.78. The largest absolute Gasteiger partial charge is 0.496 e. The first-order valence-corrected chi connectivity index (χ1v) is 9.63. The SMILES string of the molecule is COc1cc(CCc2ccccc2)c2c(c1CC=C(C)C)OC(C)(C)OC2=O. The molecule has 0 amide bonds. The highest BCUT2D eigenvalue weighted by atomic mass is 16.7. The lowest BCUT2D eigenvalue weighted by atomic mass is 9.93. The lowest BCUT2D eigenvalue weighted by Gasteiger charge is -2.34. The Hall–Kier alpha value is -2.75. The fourth-order valence-corrected chi connectivity index (χ4v) is 3.41. The minimum Gasteiger partial charge on any atom is -0.496 e. The molecule has 1 aliphatic rings. The van der Waals surface area contributed by atoms with E-state index in [0.717, 1.165) is 23.3 Å². The van der Waals surface area contributed by atoms with E-state index in [1.54, 1.807) is 21.0 Å². The molecule has 148 valence electrons. The maximum absolute atomic E-state index is 12.9. The third-order valence-electron chi connectivity index (χ3n) is 4.78. The zero-order valence-electron chi connectivity index (χ0n) is 17.3. The van der Waals surface area contributed by atoms with E-state index in [4.69, 9.17) is 14.2 Å². The molecule has 4 heteroatoms. The van der Waals surface area contributed by atoms with Crippen LogP contribution in [-0.4, -0.2) is 18.9 Å². The second kappa shape index (κ2) is 8.09. The number of ether oxygens (including phenoxy) is 3. The average Bonchev–Trinajstić information content (AvgIpc) is 2.64. The molecule has 28 heavy (non-hydrogen) atoms. The van der Waals surface area contributed by atoms with Gasteiger partial charge in [0.05, 0.1) is 7.11 Å². The van der Waals surface area contributed by atoms with Crippen molar-refractivity contribution in [2.45, 2.75) is 52.7 Å². The lowest BCUT2D eigenvalue weighted by molar-refractivity contribution is -0.128. The molecule has 1 aliphatic heterocycles. The Bertz CT molecular complexity index is 891. The molecule has 0 unspecified atom stereocenters. The molecule has 0 saturated heterocycles. The van der Waals surface area contributed by atoms with Crippen molar-refractivity contribution >= 4 is 5.97 Å². The van der Waals surface area contributed by atoms with E-state index in [9.17, 15) is 4.79 Å². The standard InChI is InChI=1S/C24H28O4/c1-16(2)11-14-19-20(26-5)15-18(13-12-17-9-7-6-8-10-17)21-22(19)27-24(3,4)28-23(21)25/h6-11,15H,12-14H2,1-5H3. The number of esters is 1. The number of carbonyl (C=O) groups excluding carboxylic acids is 1. The summed E-state index contributed by atoms with van der Waals surface area (Å²) in [5.74, 6) is -0.0197. The van der Waals surface area contributed by atoms with Crippen LogP contribution in [0.4, 0.5) is 0 Å². The number of rotatable bonds is 6. The van der Waals surface area contributed by atoms with Crippen LogP contribution in [0.5, 0.6) is 11.5 Å². The van der Waals surface area contributed by atoms with Crippen molar-refractivity contribution in [3.05, 3.63) is 70.3 Å². The summed E-state index contributed by atoms with van der Waals surface area (Å²) in [4.78, 5) is 12.9. The predicted molar refractivity (Wildman–Crippen MR) is 110 cm³/mol. The van der Waals surface area contributed by atoms with Gasteiger partial charge in [-0.3, -0.25) is 0 Å². The molecule has 4 nitrogen and oxygen atoms in total. The Morgan fingerprint density at radius 3 is 2.46 bits per heavy atom. The zero-order valence-corrected chi connectivity index (χ0v) is 17.3. The van der Waals surface area contributed by atoms with Crippen LogP contribution in [0.3, 0.4) is 0 Å². The molecule has 0 N–H and O–H groups in total. The molecule has 0 radical (unpaired) electrons. The Morgan fingerprint density at radius 1 is 1.11 bits per heavy atom. The summed E-state index contributed by atoms with van der Waals surface area (Å²) in [5.41, 5.74) is 4.70. The molecule has 0 spiro atoms. The van der Waals surface area contributed by atoms with Crippen LogP contribution in [0.25, 0.3) is 0 Å². The van der Waals surface area contributed by atoms with Crippen LogP contribution < -0.4 is 9.47 Å². The van der Waals surface area contributed by atoms with Gasteiger partial charge >= 0.3 is 5.97 Å². The predicted octanol–water partition coefficient (Wildman–Crippen LogP) is 5.27. The van der Waals surface area contributed by atoms with Gasteiger partial charge < -0.3 is 14.2 Å². The van der Waals surface area contributed by atoms with Crippen molar-refractivity contribution in [1.82, 2.24) is 0 Å². The Balaban J connectivity index is 2.08. The molecule has 0 aromatic heterocycles. The second-order valence-corrected chi connectivity index (χ2v) is 7.78. The van der Waals surface area contributed by atoms with Gasteiger partial charge in [0.2, 0.25) is 5.79 Å². The molecule has 0 saturated carbocycles. The summed E-state index contributed by atoms with van der Waals surface area (Å²) in [6, 6.07) is 12.2. The van der Waals surface area contributed by atoms with E-state index in [1.165, 1.54) is 11.1 Å². The molecule has 2 aromatic carbocycles. The monoisotopic (exact) mass is 380 g/mol. The van der Waals surface area contributed by atoms with Crippen molar-refractivity contribution in [1.29, 1.82) is 0 Å². The summed E-state index contributed by atoms with van der Waals surface area (Å²) in [5, 5.41) is 0. The summed E-state index contributed by atoms with van der Waals surface area (Å²) >= 11 is 0. The number of allylic oxidation sites excluding steroid dienone is 2. The fraction of sp³-hybridized carbons (Fsp3) is 0.375. The van der Waals surface area contributed by atoms with Crippen molar-refractivity contribution < 1.29 is 19.0 Å². The Morgan fingerprint density at radius 2 is 1.82 bits per heavy atom. The number of aryl methyl sites for hydroxylation is 2. The van der Waals surface area contributed by atoms with Crippen LogP contribution in [0.2, 0.25) is 0 Å². The Kier molecular flexibility index (Phi) is 5.78. The van der Waals surface area contributed by atoms with E-state index in [2.05, 4.69) is 18.2 Å². The summed E-state index contributed by atoms with van der Waals surface area (Å²) < 4.78 is 17.3. The minimum absolute atomic E-state index is 0.338. The van der Waals surface area contributed by atoms with Crippen LogP contribution in [0, 0.1) is 0 Å². The van der Waals surface area contributed by atoms with Crippen molar-refractivity contribution in [3.63, 3.8) is 0 Å². The van der Waals surface area contributed by atoms with E-state index in [-0.39, 0.29) is 5.97 Å². The normalized spacial score (nSPS) is 14.5. The Labute approximate surface area is 167 Å². The van der Waals surface area contributed by atoms with Crippen molar-refractivity contribution in [3.8, 4) is 11.5 Å². The number of methoxy groups -OCH3 is 1. The fourth-order valence-electron chi connectivity index (χ4n) is 3.41. The quantitative estimate of drug-likeness (QED) is 0.506. The van der Waals surface area contributed by atoms with Gasteiger partial charge in [-0.05, 0) is 50.3 Å². The second-order valence-electron chi connectivity index (χ2n) is 7.78. The first kappa shape index (κ1) is 20.0. The number of carbonyl (C=O) groups is 1. The molecular formula is C24H28O4. The van der Waals surface area contributed by atoms with E-state index >= 15 is 0 Å². The highest BCUT2D eigenvalue weighted by Gasteiger charge is 2.38. The van der Waals surface area contributed by atoms with Gasteiger partial charge in [-0.1, -0.05) is 42.0 Å². The number of fused-ring (bicyclic) bond motifs is 1. The molecular weight excluding hydrogens is 352 g/mol. The van der Waals surface area contributed by atoms with Gasteiger partial charge in [-0.15, -0.1) is 0 Å². The highest BCUT2D eigenvalue weighted by molar-refractivity contribution is 5.96. The van der Waals surface area contributed by atoms with Crippen LogP contribution in [-0.2, 0) is 24.0 Å². The summed E-state index contributed by atoms with van der Waals surface area (Å²) in [7, 11) is 1.65. The molecule has 0 bridgehead atoms. The van der Waals surface area contributed by atoms with Crippen molar-refractivity contribution in [2.75, 3.05) is 7.11 Å². The lowest BCUT2D eigenvalue weighted by Crippen LogP contribution is -2.40. The molecule has 0 fully saturated rings. The summed E-state index contributed by atoms with van der Waals surface area (Å²) in [6.07, 6.45) is 4.26. The van der Waals surface area contributed by atoms with Crippen LogP contribution in [0.1, 0.15) is 54.7 Å². The number of hydrogen-bond donors (Lipinski definition) is 0. The molecule has 0 aliphatic carbocycles. The van der Waals surface area contributed by atoms with E-state index < -0.39 is 5.79 Å². The zero-order chi connectivity index (χ0) is 20.3. The van der Waals surface area contributed by atoms with Crippen LogP contribution >= 0.6 is 0 Å². The number of hydrogen-bond acceptors (Lipinski definition) is 4. The van der Waals surface area contributed by atoms with E-state index in [0.29, 0.717) is 24.2 Å². The molecule has 3 rings (SSSR count). The van der Waals surface area contributed by atoms with Crippen molar-refractivity contribution in [2.24, 2.45) is 0 Å². The topological polar surface area (TPSA) is 44.8 Å². The third kappa shape index (κ3) is 4.38. The van der Waals surface area contributed by atoms with Gasteiger partial charge in [0, 0.05) is 19.4 Å². The smallest absolute Gasteiger partial charge is 0.345 e.